The molecule has 2 aromatic heterocycles. The number of aromatic nitrogens is 4. The second-order valence-electron chi connectivity index (χ2n) is 11.7. The predicted octanol–water partition coefficient (Wildman–Crippen LogP) is 4.12. The average molecular weight is 552 g/mol. The third-order valence-corrected chi connectivity index (χ3v) is 8.19. The molecule has 10 nitrogen and oxygen atoms in total. The molecule has 0 fully saturated rings. The number of carbonyl (C=O) groups excluding carboxylic acids is 1. The van der Waals surface area contributed by atoms with E-state index in [1.165, 1.54) is 11.1 Å². The van der Waals surface area contributed by atoms with Gasteiger partial charge in [0, 0.05) is 36.8 Å². The van der Waals surface area contributed by atoms with Gasteiger partial charge in [-0.15, -0.1) is 0 Å². The molecular weight excluding hydrogens is 518 g/mol. The fraction of sp³-hybridized carbons (Fsp3) is 0.355. The molecule has 0 spiro atoms. The topological polar surface area (TPSA) is 97.5 Å². The summed E-state index contributed by atoms with van der Waals surface area (Å²) >= 11 is 0. The monoisotopic (exact) mass is 551 g/mol. The van der Waals surface area contributed by atoms with Crippen LogP contribution in [0.4, 0.5) is 17.3 Å². The van der Waals surface area contributed by atoms with Crippen LogP contribution in [0.15, 0.2) is 59.5 Å². The Balaban J connectivity index is 1.34. The number of likely N-dealkylation sites (N-methyl/N-ethyl adjacent to an activating group) is 1. The van der Waals surface area contributed by atoms with E-state index < -0.39 is 0 Å². The molecule has 0 aliphatic carbocycles. The van der Waals surface area contributed by atoms with E-state index in [1.54, 1.807) is 15.8 Å². The summed E-state index contributed by atoms with van der Waals surface area (Å²) in [6, 6.07) is 12.1. The van der Waals surface area contributed by atoms with E-state index in [0.717, 1.165) is 24.5 Å². The van der Waals surface area contributed by atoms with E-state index in [4.69, 9.17) is 9.72 Å². The Kier molecular flexibility index (Phi) is 5.97. The number of hydrogen-bond acceptors (Lipinski definition) is 7. The van der Waals surface area contributed by atoms with Crippen LogP contribution in [0.25, 0.3) is 16.7 Å². The summed E-state index contributed by atoms with van der Waals surface area (Å²) in [4.78, 5) is 40.1. The predicted molar refractivity (Wildman–Crippen MR) is 158 cm³/mol. The molecule has 0 radical (unpaired) electrons. The third kappa shape index (κ3) is 4.39. The molecule has 1 N–H and O–H groups in total. The van der Waals surface area contributed by atoms with Gasteiger partial charge in [0.1, 0.15) is 17.7 Å². The molecule has 0 saturated heterocycles. The lowest BCUT2D eigenvalue weighted by Crippen LogP contribution is -2.39. The van der Waals surface area contributed by atoms with Gasteiger partial charge in [0.15, 0.2) is 5.65 Å². The van der Waals surface area contributed by atoms with Gasteiger partial charge in [-0.25, -0.2) is 14.3 Å². The maximum Gasteiger partial charge on any atom is 0.278 e. The second-order valence-corrected chi connectivity index (χ2v) is 11.7. The van der Waals surface area contributed by atoms with Crippen LogP contribution in [-0.4, -0.2) is 56.9 Å². The zero-order valence-electron chi connectivity index (χ0n) is 23.6. The number of carbonyl (C=O) groups is 1. The number of fused-ring (bicyclic) bond motifs is 6. The minimum absolute atomic E-state index is 0.0557. The van der Waals surface area contributed by atoms with Crippen molar-refractivity contribution >= 4 is 34.3 Å². The van der Waals surface area contributed by atoms with Crippen LogP contribution in [0.2, 0.25) is 0 Å². The number of anilines is 3. The summed E-state index contributed by atoms with van der Waals surface area (Å²) in [5.74, 6) is 1.12. The van der Waals surface area contributed by atoms with Gasteiger partial charge >= 0.3 is 0 Å². The first-order chi connectivity index (χ1) is 19.8. The van der Waals surface area contributed by atoms with Gasteiger partial charge in [-0.2, -0.15) is 4.98 Å². The zero-order valence-corrected chi connectivity index (χ0v) is 23.6. The quantitative estimate of drug-likeness (QED) is 0.374. The standard InChI is InChI=1S/C31H33N7O3/c1-31(2)19-35(3)18-20-15-21(8-10-24(20)31)33-30-32-17-23-28(34-30)38-22-9-11-26-25(16-22)36(13-14-41-26)27(39)7-5-4-6-12-37(38)29(23)40/h4,6,8-11,15-17H,5,7,12-14,18-19H2,1-3H3,(H,32,33,34)/b6-4-. The molecule has 2 aromatic carbocycles. The molecule has 4 aromatic rings. The van der Waals surface area contributed by atoms with Crippen molar-refractivity contribution in [3.05, 3.63) is 76.2 Å². The van der Waals surface area contributed by atoms with E-state index in [-0.39, 0.29) is 16.9 Å². The van der Waals surface area contributed by atoms with Crippen LogP contribution in [0.5, 0.6) is 5.75 Å². The first-order valence-electron chi connectivity index (χ1n) is 14.1. The van der Waals surface area contributed by atoms with E-state index in [0.29, 0.717) is 61.0 Å². The molecular formula is C31H33N7O3. The molecule has 210 valence electrons. The lowest BCUT2D eigenvalue weighted by atomic mass is 9.78. The highest BCUT2D eigenvalue weighted by atomic mass is 16.5. The molecule has 10 heteroatoms. The van der Waals surface area contributed by atoms with Gasteiger partial charge in [0.05, 0.1) is 24.5 Å². The highest BCUT2D eigenvalue weighted by molar-refractivity contribution is 5.96. The number of benzene rings is 2. The molecule has 5 heterocycles. The summed E-state index contributed by atoms with van der Waals surface area (Å²) < 4.78 is 9.34. The Morgan fingerprint density at radius 2 is 1.95 bits per heavy atom. The van der Waals surface area contributed by atoms with Crippen molar-refractivity contribution in [1.82, 2.24) is 24.2 Å². The zero-order chi connectivity index (χ0) is 28.3. The van der Waals surface area contributed by atoms with Crippen molar-refractivity contribution < 1.29 is 9.53 Å². The summed E-state index contributed by atoms with van der Waals surface area (Å²) in [5, 5.41) is 3.79. The first kappa shape index (κ1) is 25.5. The lowest BCUT2D eigenvalue weighted by molar-refractivity contribution is -0.118. The van der Waals surface area contributed by atoms with Gasteiger partial charge < -0.3 is 19.9 Å². The number of hydrogen-bond donors (Lipinski definition) is 1. The minimum Gasteiger partial charge on any atom is -0.490 e. The number of nitrogens with one attached hydrogen (secondary N) is 1. The molecule has 3 aliphatic heterocycles. The molecule has 0 unspecified atom stereocenters. The highest BCUT2D eigenvalue weighted by Gasteiger charge is 2.30. The normalized spacial score (nSPS) is 19.0. The summed E-state index contributed by atoms with van der Waals surface area (Å²) in [6.45, 7) is 7.72. The average Bonchev–Trinajstić information content (AvgIpc) is 3.21. The van der Waals surface area contributed by atoms with Crippen LogP contribution in [0, 0.1) is 0 Å². The number of allylic oxidation sites excluding steroid dienone is 2. The second kappa shape index (κ2) is 9.59. The van der Waals surface area contributed by atoms with Crippen LogP contribution in [0.1, 0.15) is 37.8 Å². The SMILES string of the molecule is CN1Cc2cc(Nc3ncc4c(=O)n5n(c4n3)-c3ccc4c(c3)N(CCO4)C(=O)CC/C=C\C5)ccc2C(C)(C)C1. The van der Waals surface area contributed by atoms with Crippen molar-refractivity contribution in [2.75, 3.05) is 37.0 Å². The lowest BCUT2D eigenvalue weighted by Gasteiger charge is -2.38. The highest BCUT2D eigenvalue weighted by Crippen LogP contribution is 2.36. The maximum atomic E-state index is 13.6. The number of ether oxygens (including phenoxy) is 1. The van der Waals surface area contributed by atoms with E-state index in [1.807, 2.05) is 35.0 Å². The Morgan fingerprint density at radius 3 is 2.83 bits per heavy atom. The van der Waals surface area contributed by atoms with Crippen LogP contribution in [-0.2, 0) is 23.3 Å². The largest absolute Gasteiger partial charge is 0.490 e. The van der Waals surface area contributed by atoms with Crippen molar-refractivity contribution in [2.45, 2.75) is 45.2 Å². The Labute approximate surface area is 237 Å². The molecule has 3 aliphatic rings. The molecule has 0 saturated carbocycles. The Morgan fingerprint density at radius 1 is 1.07 bits per heavy atom. The van der Waals surface area contributed by atoms with Crippen molar-refractivity contribution in [3.63, 3.8) is 0 Å². The van der Waals surface area contributed by atoms with Crippen LogP contribution in [0.3, 0.4) is 0 Å². The molecule has 41 heavy (non-hydrogen) atoms. The first-order valence-corrected chi connectivity index (χ1v) is 14.1. The minimum atomic E-state index is -0.172. The summed E-state index contributed by atoms with van der Waals surface area (Å²) in [7, 11) is 2.14. The summed E-state index contributed by atoms with van der Waals surface area (Å²) in [6.07, 6.45) is 6.47. The van der Waals surface area contributed by atoms with Crippen LogP contribution >= 0.6 is 0 Å². The van der Waals surface area contributed by atoms with E-state index >= 15 is 0 Å². The Hall–Kier alpha value is -4.44. The maximum absolute atomic E-state index is 13.6. The van der Waals surface area contributed by atoms with Crippen LogP contribution < -0.4 is 20.5 Å². The molecule has 0 atom stereocenters. The third-order valence-electron chi connectivity index (χ3n) is 8.19. The molecule has 2 bridgehead atoms. The smallest absolute Gasteiger partial charge is 0.278 e. The van der Waals surface area contributed by atoms with E-state index in [2.05, 4.69) is 54.3 Å². The van der Waals surface area contributed by atoms with E-state index in [9.17, 15) is 9.59 Å². The Bertz CT molecular complexity index is 1780. The fourth-order valence-corrected chi connectivity index (χ4v) is 6.44. The number of nitrogens with zero attached hydrogens (tertiary/aromatic N) is 6. The fourth-order valence-electron chi connectivity index (χ4n) is 6.44. The number of rotatable bonds is 2. The van der Waals surface area contributed by atoms with Gasteiger partial charge in [-0.05, 0) is 54.9 Å². The van der Waals surface area contributed by atoms with Gasteiger partial charge in [0.2, 0.25) is 11.9 Å². The molecule has 7 rings (SSSR count). The number of amides is 1. The van der Waals surface area contributed by atoms with Gasteiger partial charge in [0.25, 0.3) is 5.56 Å². The summed E-state index contributed by atoms with van der Waals surface area (Å²) in [5.41, 5.74) is 5.35. The van der Waals surface area contributed by atoms with Crippen molar-refractivity contribution in [2.24, 2.45) is 0 Å². The molecule has 1 amide bonds. The van der Waals surface area contributed by atoms with Gasteiger partial charge in [-0.3, -0.25) is 9.59 Å². The van der Waals surface area contributed by atoms with Gasteiger partial charge in [-0.1, -0.05) is 32.1 Å². The van der Waals surface area contributed by atoms with Crippen molar-refractivity contribution in [1.29, 1.82) is 0 Å². The van der Waals surface area contributed by atoms with Crippen molar-refractivity contribution in [3.8, 4) is 11.4 Å².